The summed E-state index contributed by atoms with van der Waals surface area (Å²) < 4.78 is 0. The van der Waals surface area contributed by atoms with Crippen molar-refractivity contribution in [2.75, 3.05) is 6.54 Å². The molecule has 1 amide bonds. The van der Waals surface area contributed by atoms with Crippen molar-refractivity contribution in [2.45, 2.75) is 38.8 Å². The average molecular weight is 248 g/mol. The van der Waals surface area contributed by atoms with Crippen molar-refractivity contribution in [3.8, 4) is 5.75 Å². The normalized spacial score (nSPS) is 23.7. The lowest BCUT2D eigenvalue weighted by molar-refractivity contribution is 0.0919. The molecule has 98 valence electrons. The summed E-state index contributed by atoms with van der Waals surface area (Å²) >= 11 is 0. The minimum absolute atomic E-state index is 0.0620. The zero-order valence-corrected chi connectivity index (χ0v) is 10.9. The summed E-state index contributed by atoms with van der Waals surface area (Å²) in [6.07, 6.45) is 2.10. The lowest BCUT2D eigenvalue weighted by Gasteiger charge is -2.30. The predicted octanol–water partition coefficient (Wildman–Crippen LogP) is 1.57. The number of hydrogen-bond acceptors (Lipinski definition) is 3. The number of amides is 1. The lowest BCUT2D eigenvalue weighted by Crippen LogP contribution is -2.52. The highest BCUT2D eigenvalue weighted by molar-refractivity contribution is 5.96. The van der Waals surface area contributed by atoms with Crippen molar-refractivity contribution in [3.63, 3.8) is 0 Å². The van der Waals surface area contributed by atoms with Gasteiger partial charge in [0.15, 0.2) is 0 Å². The highest BCUT2D eigenvalue weighted by Gasteiger charge is 2.23. The van der Waals surface area contributed by atoms with Gasteiger partial charge in [0.2, 0.25) is 0 Å². The van der Waals surface area contributed by atoms with E-state index in [-0.39, 0.29) is 17.7 Å². The third-order valence-corrected chi connectivity index (χ3v) is 3.53. The van der Waals surface area contributed by atoms with Gasteiger partial charge in [-0.2, -0.15) is 0 Å². The molecule has 0 bridgehead atoms. The van der Waals surface area contributed by atoms with Crippen LogP contribution in [0.25, 0.3) is 0 Å². The molecule has 1 aliphatic heterocycles. The first kappa shape index (κ1) is 12.9. The van der Waals surface area contributed by atoms with Crippen molar-refractivity contribution in [1.29, 1.82) is 0 Å². The fraction of sp³-hybridized carbons (Fsp3) is 0.500. The van der Waals surface area contributed by atoms with Gasteiger partial charge in [0.25, 0.3) is 5.91 Å². The molecule has 1 aromatic carbocycles. The van der Waals surface area contributed by atoms with Gasteiger partial charge >= 0.3 is 0 Å². The van der Waals surface area contributed by atoms with E-state index in [9.17, 15) is 9.90 Å². The molecule has 2 atom stereocenters. The van der Waals surface area contributed by atoms with Crippen LogP contribution in [0.1, 0.15) is 35.7 Å². The van der Waals surface area contributed by atoms with Gasteiger partial charge in [-0.1, -0.05) is 0 Å². The summed E-state index contributed by atoms with van der Waals surface area (Å²) in [6.45, 7) is 4.94. The van der Waals surface area contributed by atoms with E-state index < -0.39 is 0 Å². The molecule has 1 fully saturated rings. The molecule has 0 spiro atoms. The third-order valence-electron chi connectivity index (χ3n) is 3.53. The summed E-state index contributed by atoms with van der Waals surface area (Å²) in [7, 11) is 0. The van der Waals surface area contributed by atoms with Gasteiger partial charge in [0.05, 0.1) is 0 Å². The monoisotopic (exact) mass is 248 g/mol. The second kappa shape index (κ2) is 5.40. The minimum Gasteiger partial charge on any atom is -0.508 e. The second-order valence-corrected chi connectivity index (χ2v) is 4.96. The zero-order valence-electron chi connectivity index (χ0n) is 10.9. The number of nitrogens with one attached hydrogen (secondary N) is 2. The van der Waals surface area contributed by atoms with E-state index in [1.165, 1.54) is 0 Å². The molecule has 3 N–H and O–H groups in total. The molecule has 18 heavy (non-hydrogen) atoms. The zero-order chi connectivity index (χ0) is 13.1. The fourth-order valence-electron chi connectivity index (χ4n) is 2.39. The van der Waals surface area contributed by atoms with Crippen LogP contribution in [-0.2, 0) is 0 Å². The van der Waals surface area contributed by atoms with Gasteiger partial charge in [-0.3, -0.25) is 4.79 Å². The number of phenols is 1. The van der Waals surface area contributed by atoms with Crippen LogP contribution in [-0.4, -0.2) is 29.6 Å². The maximum atomic E-state index is 12.2. The fourth-order valence-corrected chi connectivity index (χ4v) is 2.39. The number of aromatic hydroxyl groups is 1. The standard InChI is InChI=1S/C14H20N2O2/c1-9-8-11(17)5-6-12(9)14(18)16-13-4-3-7-15-10(13)2/h5-6,8,10,13,15,17H,3-4,7H2,1-2H3,(H,16,18). The number of hydrogen-bond donors (Lipinski definition) is 3. The molecule has 0 aliphatic carbocycles. The molecule has 4 nitrogen and oxygen atoms in total. The van der Waals surface area contributed by atoms with Crippen LogP contribution in [0, 0.1) is 6.92 Å². The summed E-state index contributed by atoms with van der Waals surface area (Å²) in [6, 6.07) is 5.31. The van der Waals surface area contributed by atoms with E-state index >= 15 is 0 Å². The maximum Gasteiger partial charge on any atom is 0.251 e. The van der Waals surface area contributed by atoms with Crippen molar-refractivity contribution >= 4 is 5.91 Å². The Morgan fingerprint density at radius 2 is 2.28 bits per heavy atom. The topological polar surface area (TPSA) is 61.4 Å². The number of benzene rings is 1. The molecule has 1 aliphatic rings. The Kier molecular flexibility index (Phi) is 3.87. The number of phenolic OH excluding ortho intramolecular Hbond substituents is 1. The Labute approximate surface area is 107 Å². The SMILES string of the molecule is Cc1cc(O)ccc1C(=O)NC1CCCNC1C. The minimum atomic E-state index is -0.0620. The first-order chi connectivity index (χ1) is 8.58. The molecule has 4 heteroatoms. The van der Waals surface area contributed by atoms with Crippen molar-refractivity contribution in [3.05, 3.63) is 29.3 Å². The van der Waals surface area contributed by atoms with Gasteiger partial charge in [-0.15, -0.1) is 0 Å². The first-order valence-electron chi connectivity index (χ1n) is 6.42. The molecule has 0 saturated carbocycles. The highest BCUT2D eigenvalue weighted by atomic mass is 16.3. The first-order valence-corrected chi connectivity index (χ1v) is 6.42. The maximum absolute atomic E-state index is 12.2. The van der Waals surface area contributed by atoms with E-state index in [0.29, 0.717) is 11.6 Å². The van der Waals surface area contributed by atoms with Crippen molar-refractivity contribution < 1.29 is 9.90 Å². The van der Waals surface area contributed by atoms with E-state index in [0.717, 1.165) is 24.9 Å². The quantitative estimate of drug-likeness (QED) is 0.744. The van der Waals surface area contributed by atoms with Crippen LogP contribution >= 0.6 is 0 Å². The number of carbonyl (C=O) groups excluding carboxylic acids is 1. The number of piperidine rings is 1. The third kappa shape index (κ3) is 2.82. The molecule has 0 radical (unpaired) electrons. The smallest absolute Gasteiger partial charge is 0.251 e. The molecule has 2 rings (SSSR count). The van der Waals surface area contributed by atoms with Crippen molar-refractivity contribution in [1.82, 2.24) is 10.6 Å². The number of aryl methyl sites for hydroxylation is 1. The predicted molar refractivity (Wildman–Crippen MR) is 70.8 cm³/mol. The summed E-state index contributed by atoms with van der Waals surface area (Å²) in [5.74, 6) is 0.129. The summed E-state index contributed by atoms with van der Waals surface area (Å²) in [5.41, 5.74) is 1.43. The number of carbonyl (C=O) groups is 1. The molecule has 1 saturated heterocycles. The van der Waals surface area contributed by atoms with E-state index in [1.54, 1.807) is 18.2 Å². The Morgan fingerprint density at radius 1 is 1.50 bits per heavy atom. The lowest BCUT2D eigenvalue weighted by atomic mass is 9.99. The molecular weight excluding hydrogens is 228 g/mol. The van der Waals surface area contributed by atoms with Crippen LogP contribution in [0.2, 0.25) is 0 Å². The van der Waals surface area contributed by atoms with Gasteiger partial charge in [0, 0.05) is 17.6 Å². The molecule has 1 heterocycles. The van der Waals surface area contributed by atoms with Crippen LogP contribution in [0.3, 0.4) is 0 Å². The Hall–Kier alpha value is -1.55. The summed E-state index contributed by atoms with van der Waals surface area (Å²) in [5, 5.41) is 15.8. The highest BCUT2D eigenvalue weighted by Crippen LogP contribution is 2.16. The molecule has 0 aromatic heterocycles. The Bertz CT molecular complexity index is 445. The average Bonchev–Trinajstić information content (AvgIpc) is 2.32. The number of rotatable bonds is 2. The largest absolute Gasteiger partial charge is 0.508 e. The van der Waals surface area contributed by atoms with Crippen LogP contribution in [0.4, 0.5) is 0 Å². The molecule has 2 unspecified atom stereocenters. The Morgan fingerprint density at radius 3 is 2.94 bits per heavy atom. The van der Waals surface area contributed by atoms with E-state index in [4.69, 9.17) is 0 Å². The van der Waals surface area contributed by atoms with Gasteiger partial charge in [-0.05, 0) is 57.0 Å². The Balaban J connectivity index is 2.07. The van der Waals surface area contributed by atoms with Gasteiger partial charge in [-0.25, -0.2) is 0 Å². The van der Waals surface area contributed by atoms with E-state index in [2.05, 4.69) is 17.6 Å². The second-order valence-electron chi connectivity index (χ2n) is 4.96. The van der Waals surface area contributed by atoms with E-state index in [1.807, 2.05) is 6.92 Å². The van der Waals surface area contributed by atoms with Crippen LogP contribution in [0.15, 0.2) is 18.2 Å². The van der Waals surface area contributed by atoms with Crippen LogP contribution in [0.5, 0.6) is 5.75 Å². The molecular formula is C14H20N2O2. The summed E-state index contributed by atoms with van der Waals surface area (Å²) in [4.78, 5) is 12.2. The molecule has 1 aromatic rings. The van der Waals surface area contributed by atoms with Gasteiger partial charge < -0.3 is 15.7 Å². The van der Waals surface area contributed by atoms with Crippen molar-refractivity contribution in [2.24, 2.45) is 0 Å². The van der Waals surface area contributed by atoms with Crippen LogP contribution < -0.4 is 10.6 Å². The van der Waals surface area contributed by atoms with Gasteiger partial charge in [0.1, 0.15) is 5.75 Å².